The molecule has 1 aromatic rings. The first-order valence-electron chi connectivity index (χ1n) is 8.18. The van der Waals surface area contributed by atoms with Crippen molar-refractivity contribution < 1.29 is 4.74 Å². The lowest BCUT2D eigenvalue weighted by Gasteiger charge is -2.18. The number of rotatable bonds is 6. The molecule has 2 rings (SSSR count). The van der Waals surface area contributed by atoms with Crippen LogP contribution in [-0.2, 0) is 0 Å². The van der Waals surface area contributed by atoms with Crippen LogP contribution in [0.2, 0.25) is 0 Å². The Morgan fingerprint density at radius 2 is 2.05 bits per heavy atom. The van der Waals surface area contributed by atoms with Crippen LogP contribution in [0.3, 0.4) is 0 Å². The van der Waals surface area contributed by atoms with Crippen molar-refractivity contribution in [2.45, 2.75) is 46.1 Å². The summed E-state index contributed by atoms with van der Waals surface area (Å²) in [5, 5.41) is 0. The van der Waals surface area contributed by atoms with Gasteiger partial charge in [0, 0.05) is 19.1 Å². The first kappa shape index (κ1) is 19.3. The largest absolute Gasteiger partial charge is 0.492 e. The number of benzene rings is 1. The molecular weight excluding hydrogens is 296 g/mol. The van der Waals surface area contributed by atoms with E-state index in [4.69, 9.17) is 10.5 Å². The van der Waals surface area contributed by atoms with Gasteiger partial charge in [-0.25, -0.2) is 0 Å². The SMILES string of the molecule is Cc1cc(OCCN2CCC(C(C)N)C2)ccc1C(C)C.Cl. The van der Waals surface area contributed by atoms with Gasteiger partial charge in [-0.15, -0.1) is 12.4 Å². The molecule has 0 radical (unpaired) electrons. The van der Waals surface area contributed by atoms with E-state index in [0.29, 0.717) is 17.9 Å². The Morgan fingerprint density at radius 3 is 2.59 bits per heavy atom. The van der Waals surface area contributed by atoms with Gasteiger partial charge in [0.15, 0.2) is 0 Å². The highest BCUT2D eigenvalue weighted by Gasteiger charge is 2.24. The Labute approximate surface area is 141 Å². The van der Waals surface area contributed by atoms with Gasteiger partial charge in [-0.05, 0) is 61.9 Å². The Balaban J connectivity index is 0.00000242. The van der Waals surface area contributed by atoms with Crippen molar-refractivity contribution >= 4 is 12.4 Å². The molecule has 0 bridgehead atoms. The molecule has 1 saturated heterocycles. The first-order valence-corrected chi connectivity index (χ1v) is 8.18. The minimum Gasteiger partial charge on any atom is -0.492 e. The molecule has 1 aromatic carbocycles. The van der Waals surface area contributed by atoms with Crippen molar-refractivity contribution in [1.82, 2.24) is 4.90 Å². The average Bonchev–Trinajstić information content (AvgIpc) is 2.87. The van der Waals surface area contributed by atoms with E-state index in [9.17, 15) is 0 Å². The van der Waals surface area contributed by atoms with E-state index >= 15 is 0 Å². The number of nitrogens with two attached hydrogens (primary N) is 1. The molecule has 22 heavy (non-hydrogen) atoms. The standard InChI is InChI=1S/C18H30N2O.ClH/c1-13(2)18-6-5-17(11-14(18)3)21-10-9-20-8-7-16(12-20)15(4)19;/h5-6,11,13,15-16H,7-10,12,19H2,1-4H3;1H. The van der Waals surface area contributed by atoms with E-state index in [1.54, 1.807) is 0 Å². The normalized spacial score (nSPS) is 20.0. The summed E-state index contributed by atoms with van der Waals surface area (Å²) in [6, 6.07) is 6.75. The van der Waals surface area contributed by atoms with Crippen molar-refractivity contribution in [3.63, 3.8) is 0 Å². The summed E-state index contributed by atoms with van der Waals surface area (Å²) in [6.45, 7) is 12.8. The molecule has 3 nitrogen and oxygen atoms in total. The second-order valence-electron chi connectivity index (χ2n) is 6.73. The zero-order valence-corrected chi connectivity index (χ0v) is 15.2. The fourth-order valence-electron chi connectivity index (χ4n) is 3.17. The van der Waals surface area contributed by atoms with Gasteiger partial charge in [0.05, 0.1) is 0 Å². The number of hydrogen-bond donors (Lipinski definition) is 1. The van der Waals surface area contributed by atoms with Crippen LogP contribution in [0.5, 0.6) is 5.75 Å². The summed E-state index contributed by atoms with van der Waals surface area (Å²) in [6.07, 6.45) is 1.22. The fourth-order valence-corrected chi connectivity index (χ4v) is 3.17. The monoisotopic (exact) mass is 326 g/mol. The van der Waals surface area contributed by atoms with Crippen molar-refractivity contribution in [1.29, 1.82) is 0 Å². The van der Waals surface area contributed by atoms with Gasteiger partial charge in [-0.1, -0.05) is 19.9 Å². The molecule has 0 amide bonds. The summed E-state index contributed by atoms with van der Waals surface area (Å²) >= 11 is 0. The molecule has 0 spiro atoms. The summed E-state index contributed by atoms with van der Waals surface area (Å²) < 4.78 is 5.91. The third-order valence-electron chi connectivity index (χ3n) is 4.59. The summed E-state index contributed by atoms with van der Waals surface area (Å²) in [4.78, 5) is 2.46. The highest BCUT2D eigenvalue weighted by atomic mass is 35.5. The predicted octanol–water partition coefficient (Wildman–Crippen LogP) is 3.59. The molecule has 1 aliphatic rings. The number of hydrogen-bond acceptors (Lipinski definition) is 3. The number of likely N-dealkylation sites (tertiary alicyclic amines) is 1. The van der Waals surface area contributed by atoms with Crippen LogP contribution in [-0.4, -0.2) is 37.2 Å². The molecule has 2 atom stereocenters. The van der Waals surface area contributed by atoms with Gasteiger partial charge < -0.3 is 10.5 Å². The highest BCUT2D eigenvalue weighted by Crippen LogP contribution is 2.23. The van der Waals surface area contributed by atoms with Crippen LogP contribution in [0.15, 0.2) is 18.2 Å². The van der Waals surface area contributed by atoms with E-state index in [-0.39, 0.29) is 12.4 Å². The van der Waals surface area contributed by atoms with Crippen LogP contribution in [0, 0.1) is 12.8 Å². The molecule has 0 aromatic heterocycles. The van der Waals surface area contributed by atoms with Crippen LogP contribution >= 0.6 is 12.4 Å². The molecule has 0 aliphatic carbocycles. The second kappa shape index (κ2) is 8.76. The Kier molecular flexibility index (Phi) is 7.67. The van der Waals surface area contributed by atoms with Gasteiger partial charge in [0.25, 0.3) is 0 Å². The van der Waals surface area contributed by atoms with Gasteiger partial charge in [0.2, 0.25) is 0 Å². The van der Waals surface area contributed by atoms with E-state index < -0.39 is 0 Å². The summed E-state index contributed by atoms with van der Waals surface area (Å²) in [5.74, 6) is 2.20. The van der Waals surface area contributed by atoms with E-state index in [1.165, 1.54) is 17.5 Å². The van der Waals surface area contributed by atoms with Gasteiger partial charge >= 0.3 is 0 Å². The van der Waals surface area contributed by atoms with Crippen LogP contribution in [0.25, 0.3) is 0 Å². The lowest BCUT2D eigenvalue weighted by atomic mass is 9.98. The zero-order valence-electron chi connectivity index (χ0n) is 14.3. The molecule has 0 saturated carbocycles. The van der Waals surface area contributed by atoms with Gasteiger partial charge in [-0.2, -0.15) is 0 Å². The lowest BCUT2D eigenvalue weighted by Crippen LogP contribution is -2.31. The minimum absolute atomic E-state index is 0. The highest BCUT2D eigenvalue weighted by molar-refractivity contribution is 5.85. The third-order valence-corrected chi connectivity index (χ3v) is 4.59. The van der Waals surface area contributed by atoms with Crippen LogP contribution in [0.1, 0.15) is 44.2 Å². The Morgan fingerprint density at radius 1 is 1.32 bits per heavy atom. The maximum Gasteiger partial charge on any atom is 0.119 e. The topological polar surface area (TPSA) is 38.5 Å². The summed E-state index contributed by atoms with van der Waals surface area (Å²) in [5.41, 5.74) is 8.70. The maximum absolute atomic E-state index is 5.98. The minimum atomic E-state index is 0. The van der Waals surface area contributed by atoms with Crippen molar-refractivity contribution in [2.24, 2.45) is 11.7 Å². The van der Waals surface area contributed by atoms with E-state index in [1.807, 2.05) is 0 Å². The Hall–Kier alpha value is -0.770. The Bertz CT molecular complexity index is 462. The quantitative estimate of drug-likeness (QED) is 0.868. The third kappa shape index (κ3) is 5.15. The van der Waals surface area contributed by atoms with Crippen LogP contribution < -0.4 is 10.5 Å². The number of ether oxygens (including phenoxy) is 1. The lowest BCUT2D eigenvalue weighted by molar-refractivity contribution is 0.230. The van der Waals surface area contributed by atoms with E-state index in [0.717, 1.165) is 32.0 Å². The molecule has 2 N–H and O–H groups in total. The van der Waals surface area contributed by atoms with Crippen molar-refractivity contribution in [3.8, 4) is 5.75 Å². The first-order chi connectivity index (χ1) is 9.97. The molecule has 1 fully saturated rings. The number of aryl methyl sites for hydroxylation is 1. The molecule has 1 heterocycles. The molecule has 126 valence electrons. The smallest absolute Gasteiger partial charge is 0.119 e. The fraction of sp³-hybridized carbons (Fsp3) is 0.667. The van der Waals surface area contributed by atoms with E-state index in [2.05, 4.69) is 50.8 Å². The number of nitrogens with zero attached hydrogens (tertiary/aromatic N) is 1. The number of halogens is 1. The molecule has 2 unspecified atom stereocenters. The second-order valence-corrected chi connectivity index (χ2v) is 6.73. The van der Waals surface area contributed by atoms with Crippen LogP contribution in [0.4, 0.5) is 0 Å². The van der Waals surface area contributed by atoms with Gasteiger partial charge in [0.1, 0.15) is 12.4 Å². The summed E-state index contributed by atoms with van der Waals surface area (Å²) in [7, 11) is 0. The van der Waals surface area contributed by atoms with Crippen molar-refractivity contribution in [2.75, 3.05) is 26.2 Å². The van der Waals surface area contributed by atoms with Crippen molar-refractivity contribution in [3.05, 3.63) is 29.3 Å². The predicted molar refractivity (Wildman–Crippen MR) is 96.2 cm³/mol. The average molecular weight is 327 g/mol. The maximum atomic E-state index is 5.98. The van der Waals surface area contributed by atoms with Gasteiger partial charge in [-0.3, -0.25) is 4.90 Å². The zero-order chi connectivity index (χ0) is 15.4. The molecule has 4 heteroatoms. The molecular formula is C18H31ClN2O. The molecule has 1 aliphatic heterocycles.